The Kier molecular flexibility index (Phi) is 5.71. The summed E-state index contributed by atoms with van der Waals surface area (Å²) in [5.41, 5.74) is 0.378. The van der Waals surface area contributed by atoms with Gasteiger partial charge < -0.3 is 10.4 Å². The van der Waals surface area contributed by atoms with Gasteiger partial charge in [0.25, 0.3) is 5.69 Å². The van der Waals surface area contributed by atoms with E-state index in [-0.39, 0.29) is 12.2 Å². The van der Waals surface area contributed by atoms with E-state index in [2.05, 4.69) is 21.2 Å². The molecule has 0 aliphatic heterocycles. The number of carboxylic acid groups (broad SMARTS) is 1. The fourth-order valence-corrected chi connectivity index (χ4v) is 2.62. The van der Waals surface area contributed by atoms with Crippen LogP contribution in [-0.4, -0.2) is 22.5 Å². The summed E-state index contributed by atoms with van der Waals surface area (Å²) in [5.74, 6) is -0.838. The summed E-state index contributed by atoms with van der Waals surface area (Å²) in [6, 6.07) is 3.08. The Morgan fingerprint density at radius 3 is 2.43 bits per heavy atom. The first-order chi connectivity index (χ1) is 9.77. The second-order valence-electron chi connectivity index (χ2n) is 5.02. The largest absolute Gasteiger partial charge is 0.481 e. The van der Waals surface area contributed by atoms with E-state index in [1.807, 2.05) is 13.8 Å². The average molecular weight is 359 g/mol. The molecule has 1 aromatic rings. The van der Waals surface area contributed by atoms with Gasteiger partial charge in [0.15, 0.2) is 0 Å². The highest BCUT2D eigenvalue weighted by Crippen LogP contribution is 2.33. The van der Waals surface area contributed by atoms with Gasteiger partial charge in [-0.15, -0.1) is 0 Å². The van der Waals surface area contributed by atoms with Crippen LogP contribution < -0.4 is 5.32 Å². The van der Waals surface area contributed by atoms with Crippen LogP contribution in [0.5, 0.6) is 0 Å². The third-order valence-electron chi connectivity index (χ3n) is 3.91. The van der Waals surface area contributed by atoms with E-state index in [4.69, 9.17) is 0 Å². The molecule has 116 valence electrons. The Morgan fingerprint density at radius 2 is 2.00 bits per heavy atom. The van der Waals surface area contributed by atoms with Crippen molar-refractivity contribution in [2.45, 2.75) is 33.6 Å². The number of nitro groups is 1. The molecule has 0 aromatic heterocycles. The number of nitrogens with zero attached hydrogens (tertiary/aromatic N) is 1. The molecule has 0 saturated heterocycles. The highest BCUT2D eigenvalue weighted by atomic mass is 79.9. The Labute approximate surface area is 131 Å². The Morgan fingerprint density at radius 1 is 1.43 bits per heavy atom. The van der Waals surface area contributed by atoms with Crippen molar-refractivity contribution >= 4 is 33.3 Å². The van der Waals surface area contributed by atoms with Crippen LogP contribution in [0, 0.1) is 22.5 Å². The third kappa shape index (κ3) is 3.72. The van der Waals surface area contributed by atoms with Crippen LogP contribution in [0.25, 0.3) is 0 Å². The van der Waals surface area contributed by atoms with Crippen molar-refractivity contribution in [1.29, 1.82) is 0 Å². The Bertz CT molecular complexity index is 556. The molecule has 0 heterocycles. The number of aliphatic carboxylic acids is 1. The highest BCUT2D eigenvalue weighted by molar-refractivity contribution is 9.10. The van der Waals surface area contributed by atoms with E-state index in [0.717, 1.165) is 0 Å². The van der Waals surface area contributed by atoms with Crippen LogP contribution >= 0.6 is 15.9 Å². The molecule has 7 heteroatoms. The quantitative estimate of drug-likeness (QED) is 0.568. The van der Waals surface area contributed by atoms with Gasteiger partial charge in [-0.3, -0.25) is 14.9 Å². The van der Waals surface area contributed by atoms with Gasteiger partial charge in [0.05, 0.1) is 10.3 Å². The summed E-state index contributed by atoms with van der Waals surface area (Å²) in [6.07, 6.45) is 1.02. The van der Waals surface area contributed by atoms with Crippen molar-refractivity contribution in [2.75, 3.05) is 11.9 Å². The maximum absolute atomic E-state index is 11.5. The summed E-state index contributed by atoms with van der Waals surface area (Å²) in [6.45, 7) is 5.61. The first-order valence-corrected chi connectivity index (χ1v) is 7.48. The minimum Gasteiger partial charge on any atom is -0.481 e. The monoisotopic (exact) mass is 358 g/mol. The number of anilines is 1. The Hall–Kier alpha value is -1.63. The number of carboxylic acids is 1. The van der Waals surface area contributed by atoms with Gasteiger partial charge in [0.1, 0.15) is 0 Å². The molecule has 21 heavy (non-hydrogen) atoms. The van der Waals surface area contributed by atoms with Crippen LogP contribution in [0.2, 0.25) is 0 Å². The highest BCUT2D eigenvalue weighted by Gasteiger charge is 2.34. The number of hydrogen-bond acceptors (Lipinski definition) is 4. The maximum atomic E-state index is 11.5. The topological polar surface area (TPSA) is 92.5 Å². The summed E-state index contributed by atoms with van der Waals surface area (Å²) in [7, 11) is 0. The molecule has 0 radical (unpaired) electrons. The minimum absolute atomic E-state index is 0.0305. The lowest BCUT2D eigenvalue weighted by Crippen LogP contribution is -2.36. The predicted molar refractivity (Wildman–Crippen MR) is 84.7 cm³/mol. The molecule has 0 amide bonds. The van der Waals surface area contributed by atoms with Crippen molar-refractivity contribution in [3.05, 3.63) is 32.3 Å². The number of rotatable bonds is 7. The summed E-state index contributed by atoms with van der Waals surface area (Å²) in [4.78, 5) is 21.9. The molecule has 0 aliphatic carbocycles. The van der Waals surface area contributed by atoms with Crippen molar-refractivity contribution in [2.24, 2.45) is 5.41 Å². The fraction of sp³-hybridized carbons (Fsp3) is 0.500. The normalized spacial score (nSPS) is 11.2. The fourth-order valence-electron chi connectivity index (χ4n) is 2.15. The molecule has 0 bridgehead atoms. The molecule has 0 unspecified atom stereocenters. The van der Waals surface area contributed by atoms with E-state index in [9.17, 15) is 20.0 Å². The van der Waals surface area contributed by atoms with Crippen molar-refractivity contribution in [1.82, 2.24) is 0 Å². The minimum atomic E-state index is -0.838. The number of benzene rings is 1. The van der Waals surface area contributed by atoms with E-state index in [0.29, 0.717) is 28.6 Å². The molecule has 0 atom stereocenters. The predicted octanol–water partition coefficient (Wildman–Crippen LogP) is 3.97. The standard InChI is InChI=1S/C14H19BrN2O4/c1-4-14(5-2,13(18)19)8-16-11-6-9(3)12(17(20)21)7-10(11)15/h6-7,16H,4-5,8H2,1-3H3,(H,18,19). The maximum Gasteiger partial charge on any atom is 0.311 e. The van der Waals surface area contributed by atoms with E-state index >= 15 is 0 Å². The molecule has 0 spiro atoms. The second kappa shape index (κ2) is 6.89. The van der Waals surface area contributed by atoms with Crippen LogP contribution in [0.15, 0.2) is 16.6 Å². The molecular weight excluding hydrogens is 340 g/mol. The molecule has 0 aliphatic rings. The molecule has 6 nitrogen and oxygen atoms in total. The van der Waals surface area contributed by atoms with Gasteiger partial charge >= 0.3 is 5.97 Å². The van der Waals surface area contributed by atoms with Crippen LogP contribution in [0.1, 0.15) is 32.3 Å². The third-order valence-corrected chi connectivity index (χ3v) is 4.56. The first-order valence-electron chi connectivity index (χ1n) is 6.69. The molecule has 2 N–H and O–H groups in total. The molecular formula is C14H19BrN2O4. The second-order valence-corrected chi connectivity index (χ2v) is 5.88. The molecule has 0 saturated carbocycles. The summed E-state index contributed by atoms with van der Waals surface area (Å²) < 4.78 is 0.547. The van der Waals surface area contributed by atoms with Gasteiger partial charge in [-0.05, 0) is 41.8 Å². The number of nitrogens with one attached hydrogen (secondary N) is 1. The molecule has 1 aromatic carbocycles. The van der Waals surface area contributed by atoms with Gasteiger partial charge in [-0.25, -0.2) is 0 Å². The SMILES string of the molecule is CCC(CC)(CNc1cc(C)c([N+](=O)[O-])cc1Br)C(=O)O. The first kappa shape index (κ1) is 17.4. The summed E-state index contributed by atoms with van der Waals surface area (Å²) >= 11 is 3.28. The lowest BCUT2D eigenvalue weighted by Gasteiger charge is -2.27. The zero-order chi connectivity index (χ0) is 16.2. The zero-order valence-corrected chi connectivity index (χ0v) is 13.9. The molecule has 0 fully saturated rings. The summed E-state index contributed by atoms with van der Waals surface area (Å²) in [5, 5.41) is 23.4. The van der Waals surface area contributed by atoms with E-state index in [1.54, 1.807) is 13.0 Å². The van der Waals surface area contributed by atoms with Gasteiger partial charge in [0.2, 0.25) is 0 Å². The lowest BCUT2D eigenvalue weighted by molar-refractivity contribution is -0.385. The van der Waals surface area contributed by atoms with E-state index < -0.39 is 16.3 Å². The van der Waals surface area contributed by atoms with Gasteiger partial charge in [0, 0.05) is 28.3 Å². The smallest absolute Gasteiger partial charge is 0.311 e. The van der Waals surface area contributed by atoms with Crippen molar-refractivity contribution in [3.63, 3.8) is 0 Å². The zero-order valence-electron chi connectivity index (χ0n) is 12.3. The van der Waals surface area contributed by atoms with Crippen LogP contribution in [0.3, 0.4) is 0 Å². The lowest BCUT2D eigenvalue weighted by atomic mass is 9.82. The van der Waals surface area contributed by atoms with Gasteiger partial charge in [-0.1, -0.05) is 13.8 Å². The molecule has 1 rings (SSSR count). The van der Waals surface area contributed by atoms with Crippen molar-refractivity contribution in [3.8, 4) is 0 Å². The van der Waals surface area contributed by atoms with E-state index in [1.165, 1.54) is 6.07 Å². The van der Waals surface area contributed by atoms with Crippen LogP contribution in [0.4, 0.5) is 11.4 Å². The van der Waals surface area contributed by atoms with Gasteiger partial charge in [-0.2, -0.15) is 0 Å². The number of aryl methyl sites for hydroxylation is 1. The van der Waals surface area contributed by atoms with Crippen molar-refractivity contribution < 1.29 is 14.8 Å². The Balaban J connectivity index is 3.01. The number of nitro benzene ring substituents is 1. The van der Waals surface area contributed by atoms with Crippen LogP contribution in [-0.2, 0) is 4.79 Å². The number of carbonyl (C=O) groups is 1. The number of hydrogen-bond donors (Lipinski definition) is 2. The average Bonchev–Trinajstić information content (AvgIpc) is 2.42. The number of halogens is 1.